The zero-order valence-corrected chi connectivity index (χ0v) is 9.64. The van der Waals surface area contributed by atoms with Gasteiger partial charge in [0.2, 0.25) is 0 Å². The van der Waals surface area contributed by atoms with Crippen LogP contribution in [0.2, 0.25) is 0 Å². The molecule has 5 heteroatoms. The fraction of sp³-hybridized carbons (Fsp3) is 0.200. The van der Waals surface area contributed by atoms with Gasteiger partial charge in [0.1, 0.15) is 0 Å². The molecule has 0 saturated carbocycles. The maximum atomic E-state index is 11.8. The van der Waals surface area contributed by atoms with Gasteiger partial charge in [0, 0.05) is 22.0 Å². The highest BCUT2D eigenvalue weighted by Crippen LogP contribution is 2.29. The molecule has 0 unspecified atom stereocenters. The Morgan fingerprint density at radius 3 is 2.73 bits per heavy atom. The quantitative estimate of drug-likeness (QED) is 0.888. The maximum Gasteiger partial charge on any atom is 0.181 e. The number of benzene rings is 1. The second kappa shape index (κ2) is 3.92. The molecule has 3 nitrogen and oxygen atoms in total. The molecule has 1 aromatic heterocycles. The van der Waals surface area contributed by atoms with E-state index in [2.05, 4.69) is 0 Å². The first-order valence-corrected chi connectivity index (χ1v) is 7.07. The summed E-state index contributed by atoms with van der Waals surface area (Å²) in [6.07, 6.45) is 0. The number of thiophene rings is 1. The van der Waals surface area contributed by atoms with Crippen molar-refractivity contribution in [2.75, 3.05) is 12.3 Å². The number of hydrogen-bond donors (Lipinski definition) is 1. The number of fused-ring (bicyclic) bond motifs is 1. The molecule has 0 saturated heterocycles. The molecule has 0 aliphatic rings. The van der Waals surface area contributed by atoms with Crippen LogP contribution in [0.15, 0.2) is 34.5 Å². The summed E-state index contributed by atoms with van der Waals surface area (Å²) in [5.41, 5.74) is 5.29. The molecule has 80 valence electrons. The summed E-state index contributed by atoms with van der Waals surface area (Å²) < 4.78 is 24.7. The maximum absolute atomic E-state index is 11.8. The van der Waals surface area contributed by atoms with E-state index in [1.807, 2.05) is 24.3 Å². The lowest BCUT2D eigenvalue weighted by Crippen LogP contribution is -2.15. The van der Waals surface area contributed by atoms with Crippen LogP contribution in [0.5, 0.6) is 0 Å². The smallest absolute Gasteiger partial charge is 0.181 e. The van der Waals surface area contributed by atoms with E-state index in [1.165, 1.54) is 11.3 Å². The van der Waals surface area contributed by atoms with Gasteiger partial charge in [0.05, 0.1) is 10.6 Å². The third-order valence-corrected chi connectivity index (χ3v) is 5.06. The van der Waals surface area contributed by atoms with Crippen LogP contribution in [0.3, 0.4) is 0 Å². The highest BCUT2D eigenvalue weighted by molar-refractivity contribution is 7.91. The van der Waals surface area contributed by atoms with Gasteiger partial charge in [-0.3, -0.25) is 0 Å². The normalized spacial score (nSPS) is 12.1. The Hall–Kier alpha value is -0.910. The monoisotopic (exact) mass is 241 g/mol. The van der Waals surface area contributed by atoms with E-state index in [0.717, 1.165) is 10.1 Å². The SMILES string of the molecule is NCCS(=O)(=O)c1csc2ccccc12. The fourth-order valence-corrected chi connectivity index (χ4v) is 4.12. The van der Waals surface area contributed by atoms with E-state index in [-0.39, 0.29) is 12.3 Å². The predicted molar refractivity (Wildman–Crippen MR) is 62.9 cm³/mol. The minimum atomic E-state index is -3.21. The summed E-state index contributed by atoms with van der Waals surface area (Å²) in [6.45, 7) is 0.159. The fourth-order valence-electron chi connectivity index (χ4n) is 1.46. The molecule has 0 amide bonds. The first-order chi connectivity index (χ1) is 7.15. The first kappa shape index (κ1) is 10.6. The largest absolute Gasteiger partial charge is 0.329 e. The molecule has 0 fully saturated rings. The van der Waals surface area contributed by atoms with Gasteiger partial charge < -0.3 is 5.73 Å². The van der Waals surface area contributed by atoms with E-state index in [0.29, 0.717) is 4.90 Å². The number of nitrogens with two attached hydrogens (primary N) is 1. The molecule has 0 spiro atoms. The van der Waals surface area contributed by atoms with Crippen molar-refractivity contribution in [2.24, 2.45) is 5.73 Å². The Morgan fingerprint density at radius 1 is 1.27 bits per heavy atom. The van der Waals surface area contributed by atoms with Crippen LogP contribution in [-0.4, -0.2) is 20.7 Å². The summed E-state index contributed by atoms with van der Waals surface area (Å²) in [6, 6.07) is 7.49. The van der Waals surface area contributed by atoms with Crippen molar-refractivity contribution in [3.8, 4) is 0 Å². The third kappa shape index (κ3) is 1.90. The minimum absolute atomic E-state index is 0.00767. The van der Waals surface area contributed by atoms with Crippen LogP contribution in [-0.2, 0) is 9.84 Å². The van der Waals surface area contributed by atoms with Crippen LogP contribution in [0, 0.1) is 0 Å². The molecule has 2 N–H and O–H groups in total. The van der Waals surface area contributed by atoms with E-state index >= 15 is 0 Å². The lowest BCUT2D eigenvalue weighted by molar-refractivity contribution is 0.597. The number of hydrogen-bond acceptors (Lipinski definition) is 4. The molecule has 2 aromatic rings. The van der Waals surface area contributed by atoms with Gasteiger partial charge in [-0.05, 0) is 6.07 Å². The molecular weight excluding hydrogens is 230 g/mol. The molecule has 0 bridgehead atoms. The summed E-state index contributed by atoms with van der Waals surface area (Å²) >= 11 is 1.45. The molecular formula is C10H11NO2S2. The zero-order valence-electron chi connectivity index (χ0n) is 8.01. The second-order valence-corrected chi connectivity index (χ2v) is 6.19. The zero-order chi connectivity index (χ0) is 10.9. The predicted octanol–water partition coefficient (Wildman–Crippen LogP) is 1.63. The van der Waals surface area contributed by atoms with Gasteiger partial charge in [-0.25, -0.2) is 8.42 Å². The second-order valence-electron chi connectivity index (χ2n) is 3.20. The summed E-state index contributed by atoms with van der Waals surface area (Å²) in [7, 11) is -3.21. The highest BCUT2D eigenvalue weighted by Gasteiger charge is 2.17. The standard InChI is InChI=1S/C10H11NO2S2/c11-5-6-15(12,13)10-7-14-9-4-2-1-3-8(9)10/h1-4,7H,5-6,11H2. The molecule has 2 rings (SSSR count). The van der Waals surface area contributed by atoms with Gasteiger partial charge >= 0.3 is 0 Å². The Morgan fingerprint density at radius 2 is 2.00 bits per heavy atom. The van der Waals surface area contributed by atoms with E-state index in [1.54, 1.807) is 5.38 Å². The topological polar surface area (TPSA) is 60.2 Å². The van der Waals surface area contributed by atoms with Crippen molar-refractivity contribution < 1.29 is 8.42 Å². The van der Waals surface area contributed by atoms with E-state index < -0.39 is 9.84 Å². The Kier molecular flexibility index (Phi) is 2.77. The van der Waals surface area contributed by atoms with E-state index in [9.17, 15) is 8.42 Å². The average molecular weight is 241 g/mol. The Bertz CT molecular complexity index is 572. The van der Waals surface area contributed by atoms with Gasteiger partial charge in [-0.2, -0.15) is 0 Å². The molecule has 0 radical (unpaired) electrons. The Labute approximate surface area is 92.4 Å². The van der Waals surface area contributed by atoms with Crippen LogP contribution in [0.1, 0.15) is 0 Å². The van der Waals surface area contributed by atoms with Crippen molar-refractivity contribution in [1.29, 1.82) is 0 Å². The van der Waals surface area contributed by atoms with Crippen LogP contribution >= 0.6 is 11.3 Å². The average Bonchev–Trinajstić information content (AvgIpc) is 2.61. The molecule has 0 aliphatic carbocycles. The first-order valence-electron chi connectivity index (χ1n) is 4.54. The van der Waals surface area contributed by atoms with Crippen molar-refractivity contribution in [1.82, 2.24) is 0 Å². The summed E-state index contributed by atoms with van der Waals surface area (Å²) in [5.74, 6) is 0.00767. The van der Waals surface area contributed by atoms with Gasteiger partial charge in [0.25, 0.3) is 0 Å². The summed E-state index contributed by atoms with van der Waals surface area (Å²) in [4.78, 5) is 0.411. The van der Waals surface area contributed by atoms with Crippen LogP contribution in [0.25, 0.3) is 10.1 Å². The van der Waals surface area contributed by atoms with Crippen molar-refractivity contribution in [2.45, 2.75) is 4.90 Å². The van der Waals surface area contributed by atoms with Crippen molar-refractivity contribution >= 4 is 31.3 Å². The highest BCUT2D eigenvalue weighted by atomic mass is 32.2. The Balaban J connectivity index is 2.63. The van der Waals surface area contributed by atoms with Crippen LogP contribution in [0.4, 0.5) is 0 Å². The molecule has 1 aromatic carbocycles. The van der Waals surface area contributed by atoms with Crippen molar-refractivity contribution in [3.63, 3.8) is 0 Å². The van der Waals surface area contributed by atoms with Gasteiger partial charge in [-0.1, -0.05) is 18.2 Å². The lowest BCUT2D eigenvalue weighted by atomic mass is 10.3. The van der Waals surface area contributed by atoms with E-state index in [4.69, 9.17) is 5.73 Å². The van der Waals surface area contributed by atoms with Gasteiger partial charge in [0.15, 0.2) is 9.84 Å². The lowest BCUT2D eigenvalue weighted by Gasteiger charge is -2.00. The van der Waals surface area contributed by atoms with Gasteiger partial charge in [-0.15, -0.1) is 11.3 Å². The minimum Gasteiger partial charge on any atom is -0.329 e. The molecule has 15 heavy (non-hydrogen) atoms. The summed E-state index contributed by atoms with van der Waals surface area (Å²) in [5, 5.41) is 2.49. The van der Waals surface area contributed by atoms with Crippen LogP contribution < -0.4 is 5.73 Å². The molecule has 0 atom stereocenters. The molecule has 0 aliphatic heterocycles. The third-order valence-electron chi connectivity index (χ3n) is 2.17. The molecule has 1 heterocycles. The number of rotatable bonds is 3. The van der Waals surface area contributed by atoms with Crippen molar-refractivity contribution in [3.05, 3.63) is 29.6 Å². The number of sulfone groups is 1.